The molecule has 3 aliphatic heterocycles. The Kier molecular flexibility index (Phi) is 5.03. The molecule has 0 aromatic carbocycles. The molecule has 4 heterocycles. The Morgan fingerprint density at radius 3 is 2.75 bits per heavy atom. The molecule has 2 fully saturated rings. The molecule has 0 bridgehead atoms. The first-order chi connectivity index (χ1) is 13.4. The molecule has 2 atom stereocenters. The van der Waals surface area contributed by atoms with Crippen LogP contribution in [0.5, 0.6) is 0 Å². The van der Waals surface area contributed by atoms with Gasteiger partial charge in [-0.05, 0) is 19.3 Å². The molecule has 8 heteroatoms. The average Bonchev–Trinajstić information content (AvgIpc) is 3.05. The number of aromatic nitrogens is 2. The van der Waals surface area contributed by atoms with E-state index in [1.54, 1.807) is 18.9 Å². The van der Waals surface area contributed by atoms with Gasteiger partial charge in [0.1, 0.15) is 0 Å². The molecule has 0 saturated carbocycles. The van der Waals surface area contributed by atoms with Crippen molar-refractivity contribution in [1.29, 1.82) is 0 Å². The van der Waals surface area contributed by atoms with E-state index in [2.05, 4.69) is 4.98 Å². The first-order valence-corrected chi connectivity index (χ1v) is 10.1. The van der Waals surface area contributed by atoms with Crippen LogP contribution in [0, 0.1) is 5.92 Å². The lowest BCUT2D eigenvalue weighted by Gasteiger charge is -2.35. The lowest BCUT2D eigenvalue weighted by molar-refractivity contribution is -0.136. The Hall–Kier alpha value is -2.51. The number of carbonyl (C=O) groups excluding carboxylic acids is 3. The van der Waals surface area contributed by atoms with E-state index < -0.39 is 0 Å². The molecule has 3 amide bonds. The van der Waals surface area contributed by atoms with Crippen molar-refractivity contribution in [2.45, 2.75) is 51.6 Å². The van der Waals surface area contributed by atoms with Crippen LogP contribution < -0.4 is 0 Å². The number of fused-ring (bicyclic) bond motifs is 1. The second kappa shape index (κ2) is 7.48. The number of likely N-dealkylation sites (tertiary alicyclic amines) is 2. The number of rotatable bonds is 2. The number of nitrogens with zero attached hydrogens (tertiary/aromatic N) is 5. The number of hydrogen-bond donors (Lipinski definition) is 0. The summed E-state index contributed by atoms with van der Waals surface area (Å²) in [5.41, 5.74) is 1.94. The molecular formula is C20H27N5O3. The third-order valence-electron chi connectivity index (χ3n) is 6.16. The van der Waals surface area contributed by atoms with Crippen LogP contribution in [0.15, 0.2) is 6.20 Å². The van der Waals surface area contributed by atoms with E-state index in [9.17, 15) is 14.4 Å². The Labute approximate surface area is 164 Å². The molecule has 8 nitrogen and oxygen atoms in total. The number of hydrogen-bond acceptors (Lipinski definition) is 5. The second-order valence-corrected chi connectivity index (χ2v) is 8.11. The maximum Gasteiger partial charge on any atom is 0.228 e. The summed E-state index contributed by atoms with van der Waals surface area (Å²) >= 11 is 0. The largest absolute Gasteiger partial charge is 0.345 e. The molecule has 0 spiro atoms. The maximum absolute atomic E-state index is 12.8. The van der Waals surface area contributed by atoms with Crippen molar-refractivity contribution in [1.82, 2.24) is 24.7 Å². The van der Waals surface area contributed by atoms with Gasteiger partial charge in [0.25, 0.3) is 0 Å². The molecular weight excluding hydrogens is 358 g/mol. The molecule has 3 aliphatic rings. The quantitative estimate of drug-likeness (QED) is 0.755. The van der Waals surface area contributed by atoms with Gasteiger partial charge < -0.3 is 14.7 Å². The summed E-state index contributed by atoms with van der Waals surface area (Å²) in [4.78, 5) is 51.2. The highest BCUT2D eigenvalue weighted by molar-refractivity contribution is 5.89. The maximum atomic E-state index is 12.8. The molecule has 28 heavy (non-hydrogen) atoms. The monoisotopic (exact) mass is 385 g/mol. The SMILES string of the molecule is CC(=O)N1CCCC[C@H]1c1ncc2c(n1)CCN(C(=O)[C@H]1CC(=O)N(C)C1)C2. The molecule has 150 valence electrons. The van der Waals surface area contributed by atoms with Gasteiger partial charge in [-0.15, -0.1) is 0 Å². The van der Waals surface area contributed by atoms with Crippen LogP contribution in [-0.4, -0.2) is 69.1 Å². The van der Waals surface area contributed by atoms with Crippen molar-refractivity contribution in [3.63, 3.8) is 0 Å². The van der Waals surface area contributed by atoms with Gasteiger partial charge in [0.15, 0.2) is 5.82 Å². The van der Waals surface area contributed by atoms with Crippen LogP contribution >= 0.6 is 0 Å². The smallest absolute Gasteiger partial charge is 0.228 e. The van der Waals surface area contributed by atoms with Crippen LogP contribution in [0.4, 0.5) is 0 Å². The summed E-state index contributed by atoms with van der Waals surface area (Å²) in [6.45, 7) is 3.96. The number of amides is 3. The minimum Gasteiger partial charge on any atom is -0.345 e. The minimum absolute atomic E-state index is 0.0336. The third kappa shape index (κ3) is 3.47. The van der Waals surface area contributed by atoms with Gasteiger partial charge in [-0.2, -0.15) is 0 Å². The lowest BCUT2D eigenvalue weighted by Crippen LogP contribution is -2.41. The van der Waals surface area contributed by atoms with Gasteiger partial charge >= 0.3 is 0 Å². The highest BCUT2D eigenvalue weighted by Gasteiger charge is 2.36. The lowest BCUT2D eigenvalue weighted by atomic mass is 10.00. The van der Waals surface area contributed by atoms with Gasteiger partial charge in [0.2, 0.25) is 17.7 Å². The van der Waals surface area contributed by atoms with E-state index in [4.69, 9.17) is 4.98 Å². The highest BCUT2D eigenvalue weighted by Crippen LogP contribution is 2.30. The highest BCUT2D eigenvalue weighted by atomic mass is 16.2. The fourth-order valence-corrected chi connectivity index (χ4v) is 4.54. The van der Waals surface area contributed by atoms with Crippen molar-refractivity contribution >= 4 is 17.7 Å². The Morgan fingerprint density at radius 2 is 2.04 bits per heavy atom. The fourth-order valence-electron chi connectivity index (χ4n) is 4.54. The third-order valence-corrected chi connectivity index (χ3v) is 6.16. The predicted octanol–water partition coefficient (Wildman–Crippen LogP) is 0.913. The molecule has 4 rings (SSSR count). The fraction of sp³-hybridized carbons (Fsp3) is 0.650. The normalized spacial score (nSPS) is 25.1. The van der Waals surface area contributed by atoms with Crippen LogP contribution in [0.25, 0.3) is 0 Å². The molecule has 0 unspecified atom stereocenters. The van der Waals surface area contributed by atoms with Gasteiger partial charge in [0, 0.05) is 64.8 Å². The van der Waals surface area contributed by atoms with Crippen molar-refractivity contribution < 1.29 is 14.4 Å². The van der Waals surface area contributed by atoms with Gasteiger partial charge in [0.05, 0.1) is 17.7 Å². The molecule has 0 radical (unpaired) electrons. The summed E-state index contributed by atoms with van der Waals surface area (Å²) in [6, 6.07) is -0.0451. The van der Waals surface area contributed by atoms with Gasteiger partial charge in [-0.3, -0.25) is 14.4 Å². The van der Waals surface area contributed by atoms with Crippen molar-refractivity contribution in [2.24, 2.45) is 5.92 Å². The van der Waals surface area contributed by atoms with Crippen LogP contribution in [0.3, 0.4) is 0 Å². The molecule has 1 aromatic heterocycles. The van der Waals surface area contributed by atoms with Gasteiger partial charge in [-0.1, -0.05) is 0 Å². The van der Waals surface area contributed by atoms with Crippen LogP contribution in [0.1, 0.15) is 55.7 Å². The Balaban J connectivity index is 1.48. The first-order valence-electron chi connectivity index (χ1n) is 10.1. The molecule has 2 saturated heterocycles. The van der Waals surface area contributed by atoms with E-state index >= 15 is 0 Å². The number of piperidine rings is 1. The Bertz CT molecular complexity index is 811. The van der Waals surface area contributed by atoms with E-state index in [0.29, 0.717) is 32.5 Å². The standard InChI is InChI=1S/C20H27N5O3/c1-13(26)25-7-4-3-5-17(25)19-21-10-15-12-24(8-6-16(15)22-19)20(28)14-9-18(27)23(2)11-14/h10,14,17H,3-9,11-12H2,1-2H3/t14-,17-/m0/s1. The zero-order valence-electron chi connectivity index (χ0n) is 16.6. The summed E-state index contributed by atoms with van der Waals surface area (Å²) in [6.07, 6.45) is 5.79. The topological polar surface area (TPSA) is 86.7 Å². The van der Waals surface area contributed by atoms with Gasteiger partial charge in [-0.25, -0.2) is 9.97 Å². The summed E-state index contributed by atoms with van der Waals surface area (Å²) in [5.74, 6) is 0.620. The second-order valence-electron chi connectivity index (χ2n) is 8.11. The summed E-state index contributed by atoms with van der Waals surface area (Å²) in [7, 11) is 1.74. The van der Waals surface area contributed by atoms with Crippen molar-refractivity contribution in [2.75, 3.05) is 26.7 Å². The van der Waals surface area contributed by atoms with Crippen molar-refractivity contribution in [3.8, 4) is 0 Å². The Morgan fingerprint density at radius 1 is 1.21 bits per heavy atom. The zero-order valence-corrected chi connectivity index (χ0v) is 16.6. The van der Waals surface area contributed by atoms with Crippen molar-refractivity contribution in [3.05, 3.63) is 23.3 Å². The van der Waals surface area contributed by atoms with E-state index in [-0.39, 0.29) is 29.7 Å². The van der Waals surface area contributed by atoms with Crippen LogP contribution in [0.2, 0.25) is 0 Å². The number of carbonyl (C=O) groups is 3. The molecule has 0 aliphatic carbocycles. The molecule has 0 N–H and O–H groups in total. The van der Waals surface area contributed by atoms with E-state index in [1.165, 1.54) is 0 Å². The molecule has 1 aromatic rings. The summed E-state index contributed by atoms with van der Waals surface area (Å²) in [5, 5.41) is 0. The summed E-state index contributed by atoms with van der Waals surface area (Å²) < 4.78 is 0. The average molecular weight is 385 g/mol. The van der Waals surface area contributed by atoms with E-state index in [1.807, 2.05) is 16.0 Å². The zero-order chi connectivity index (χ0) is 19.8. The predicted molar refractivity (Wildman–Crippen MR) is 101 cm³/mol. The van der Waals surface area contributed by atoms with E-state index in [0.717, 1.165) is 42.9 Å². The van der Waals surface area contributed by atoms with Crippen LogP contribution in [-0.2, 0) is 27.3 Å². The minimum atomic E-state index is -0.245. The first kappa shape index (κ1) is 18.8.